The van der Waals surface area contributed by atoms with Crippen molar-refractivity contribution >= 4 is 37.9 Å². The van der Waals surface area contributed by atoms with Crippen molar-refractivity contribution in [3.63, 3.8) is 0 Å². The Hall–Kier alpha value is -1.82. The van der Waals surface area contributed by atoms with E-state index in [1.54, 1.807) is 17.8 Å². The number of aryl methyl sites for hydroxylation is 1. The fourth-order valence-electron chi connectivity index (χ4n) is 2.88. The molecule has 0 saturated heterocycles. The maximum atomic E-state index is 12.5. The molecular weight excluding hydrogens is 322 g/mol. The van der Waals surface area contributed by atoms with Crippen molar-refractivity contribution < 1.29 is 4.74 Å². The summed E-state index contributed by atoms with van der Waals surface area (Å²) in [5, 5.41) is 0.902. The first-order valence-corrected chi connectivity index (χ1v) is 7.20. The van der Waals surface area contributed by atoms with Crippen LogP contribution in [-0.4, -0.2) is 20.7 Å². The summed E-state index contributed by atoms with van der Waals surface area (Å²) in [6.45, 7) is 2.46. The van der Waals surface area contributed by atoms with Gasteiger partial charge in [-0.1, -0.05) is 0 Å². The zero-order valence-electron chi connectivity index (χ0n) is 11.1. The van der Waals surface area contributed by atoms with E-state index in [1.807, 2.05) is 23.6 Å². The summed E-state index contributed by atoms with van der Waals surface area (Å²) in [6, 6.07) is 3.84. The first-order valence-electron chi connectivity index (χ1n) is 6.40. The summed E-state index contributed by atoms with van der Waals surface area (Å²) in [7, 11) is 1.78. The zero-order valence-corrected chi connectivity index (χ0v) is 12.6. The number of ether oxygens (including phenoxy) is 1. The fraction of sp³-hybridized carbons (Fsp3) is 0.286. The number of hydrogen-bond acceptors (Lipinski definition) is 3. The summed E-state index contributed by atoms with van der Waals surface area (Å²) in [5.41, 5.74) is 2.55. The van der Waals surface area contributed by atoms with Gasteiger partial charge in [0.05, 0.1) is 38.6 Å². The van der Waals surface area contributed by atoms with E-state index in [0.29, 0.717) is 6.61 Å². The molecule has 1 aliphatic heterocycles. The molecule has 2 aromatic heterocycles. The summed E-state index contributed by atoms with van der Waals surface area (Å²) < 4.78 is 10.2. The quantitative estimate of drug-likeness (QED) is 0.635. The van der Waals surface area contributed by atoms with Gasteiger partial charge in [0.1, 0.15) is 12.4 Å². The summed E-state index contributed by atoms with van der Waals surface area (Å²) in [4.78, 5) is 16.9. The summed E-state index contributed by atoms with van der Waals surface area (Å²) >= 11 is 3.53. The van der Waals surface area contributed by atoms with Crippen LogP contribution < -0.4 is 10.4 Å². The van der Waals surface area contributed by atoms with E-state index in [4.69, 9.17) is 4.74 Å². The van der Waals surface area contributed by atoms with E-state index in [2.05, 4.69) is 20.9 Å². The highest BCUT2D eigenvalue weighted by Crippen LogP contribution is 2.39. The van der Waals surface area contributed by atoms with Gasteiger partial charge in [-0.15, -0.1) is 0 Å². The van der Waals surface area contributed by atoms with Crippen molar-refractivity contribution in [2.45, 2.75) is 13.0 Å². The molecule has 0 N–H and O–H groups in total. The highest BCUT2D eigenvalue weighted by molar-refractivity contribution is 9.10. The maximum absolute atomic E-state index is 12.5. The molecule has 3 aromatic rings. The highest BCUT2D eigenvalue weighted by Gasteiger charge is 2.25. The normalized spacial score (nSPS) is 17.6. The monoisotopic (exact) mass is 333 g/mol. The Kier molecular flexibility index (Phi) is 2.30. The van der Waals surface area contributed by atoms with Crippen molar-refractivity contribution in [1.29, 1.82) is 0 Å². The molecule has 0 spiro atoms. The Morgan fingerprint density at radius 1 is 1.45 bits per heavy atom. The molecule has 4 rings (SSSR count). The molecule has 1 aromatic carbocycles. The standard InChI is InChI=1S/C14H12BrN3O2/c1-7-6-20-13-8(15)3-4-9-11(13)12-10(5-16-9)17(2)14(19)18(7)12/h3-5,7H,6H2,1-2H3/t7-/m1/s1. The number of benzene rings is 1. The van der Waals surface area contributed by atoms with Gasteiger partial charge < -0.3 is 4.74 Å². The second-order valence-corrected chi connectivity index (χ2v) is 5.99. The molecule has 1 aliphatic rings. The number of aromatic nitrogens is 3. The number of nitrogens with zero attached hydrogens (tertiary/aromatic N) is 3. The van der Waals surface area contributed by atoms with Crippen LogP contribution in [0.4, 0.5) is 0 Å². The largest absolute Gasteiger partial charge is 0.489 e. The van der Waals surface area contributed by atoms with E-state index >= 15 is 0 Å². The zero-order chi connectivity index (χ0) is 14.0. The average Bonchev–Trinajstić information content (AvgIpc) is 2.59. The lowest BCUT2D eigenvalue weighted by Gasteiger charge is -2.11. The molecule has 0 bridgehead atoms. The maximum Gasteiger partial charge on any atom is 0.329 e. The SMILES string of the molecule is C[C@@H]1COc2c(Br)ccc3ncc4c(c23)n1c(=O)n4C. The minimum Gasteiger partial charge on any atom is -0.489 e. The van der Waals surface area contributed by atoms with E-state index < -0.39 is 0 Å². The minimum absolute atomic E-state index is 0.0175. The van der Waals surface area contributed by atoms with E-state index in [0.717, 1.165) is 32.2 Å². The van der Waals surface area contributed by atoms with Gasteiger partial charge >= 0.3 is 5.69 Å². The molecular formula is C14H12BrN3O2. The van der Waals surface area contributed by atoms with Crippen LogP contribution in [0.2, 0.25) is 0 Å². The Morgan fingerprint density at radius 2 is 2.25 bits per heavy atom. The molecule has 0 aliphatic carbocycles. The van der Waals surface area contributed by atoms with Crippen LogP contribution in [0.1, 0.15) is 13.0 Å². The molecule has 0 fully saturated rings. The molecule has 0 radical (unpaired) electrons. The predicted octanol–water partition coefficient (Wildman–Crippen LogP) is 2.60. The Labute approximate surface area is 122 Å². The van der Waals surface area contributed by atoms with Gasteiger partial charge in [0.15, 0.2) is 0 Å². The third-order valence-corrected chi connectivity index (χ3v) is 4.52. The lowest BCUT2D eigenvalue weighted by Crippen LogP contribution is -2.27. The summed E-state index contributed by atoms with van der Waals surface area (Å²) in [5.74, 6) is 0.768. The Balaban J connectivity index is 2.39. The van der Waals surface area contributed by atoms with Crippen LogP contribution in [0.15, 0.2) is 27.6 Å². The van der Waals surface area contributed by atoms with Crippen molar-refractivity contribution in [1.82, 2.24) is 14.1 Å². The second-order valence-electron chi connectivity index (χ2n) is 5.13. The van der Waals surface area contributed by atoms with Crippen LogP contribution in [0, 0.1) is 0 Å². The van der Waals surface area contributed by atoms with Crippen LogP contribution in [0.25, 0.3) is 21.9 Å². The molecule has 20 heavy (non-hydrogen) atoms. The Bertz CT molecular complexity index is 926. The van der Waals surface area contributed by atoms with Gasteiger partial charge in [0, 0.05) is 7.05 Å². The number of pyridine rings is 1. The van der Waals surface area contributed by atoms with Gasteiger partial charge in [-0.25, -0.2) is 4.79 Å². The number of imidazole rings is 1. The lowest BCUT2D eigenvalue weighted by molar-refractivity contribution is 0.266. The van der Waals surface area contributed by atoms with E-state index in [9.17, 15) is 4.79 Å². The molecule has 0 unspecified atom stereocenters. The third-order valence-electron chi connectivity index (χ3n) is 3.90. The molecule has 0 amide bonds. The lowest BCUT2D eigenvalue weighted by atomic mass is 10.1. The molecule has 6 heteroatoms. The minimum atomic E-state index is -0.0294. The topological polar surface area (TPSA) is 49.1 Å². The van der Waals surface area contributed by atoms with Crippen molar-refractivity contribution in [2.24, 2.45) is 7.05 Å². The number of halogens is 1. The summed E-state index contributed by atoms with van der Waals surface area (Å²) in [6.07, 6.45) is 1.76. The molecule has 3 heterocycles. The van der Waals surface area contributed by atoms with Gasteiger partial charge in [-0.05, 0) is 35.0 Å². The first-order chi connectivity index (χ1) is 9.59. The average molecular weight is 334 g/mol. The second kappa shape index (κ2) is 3.85. The molecule has 102 valence electrons. The van der Waals surface area contributed by atoms with Crippen molar-refractivity contribution in [3.8, 4) is 5.75 Å². The smallest absolute Gasteiger partial charge is 0.329 e. The first kappa shape index (κ1) is 12.0. The fourth-order valence-corrected chi connectivity index (χ4v) is 3.33. The molecule has 0 saturated carbocycles. The third kappa shape index (κ3) is 1.32. The van der Waals surface area contributed by atoms with Gasteiger partial charge in [0.2, 0.25) is 0 Å². The van der Waals surface area contributed by atoms with Gasteiger partial charge in [-0.3, -0.25) is 14.1 Å². The van der Waals surface area contributed by atoms with Crippen molar-refractivity contribution in [2.75, 3.05) is 6.61 Å². The predicted molar refractivity (Wildman–Crippen MR) is 80.4 cm³/mol. The molecule has 1 atom stereocenters. The van der Waals surface area contributed by atoms with Gasteiger partial charge in [0.25, 0.3) is 0 Å². The van der Waals surface area contributed by atoms with Crippen LogP contribution in [0.3, 0.4) is 0 Å². The number of rotatable bonds is 0. The van der Waals surface area contributed by atoms with Crippen molar-refractivity contribution in [3.05, 3.63) is 33.3 Å². The van der Waals surface area contributed by atoms with E-state index in [-0.39, 0.29) is 11.7 Å². The van der Waals surface area contributed by atoms with Gasteiger partial charge in [-0.2, -0.15) is 0 Å². The number of hydrogen-bond donors (Lipinski definition) is 0. The van der Waals surface area contributed by atoms with Crippen LogP contribution in [0.5, 0.6) is 5.75 Å². The highest BCUT2D eigenvalue weighted by atomic mass is 79.9. The Morgan fingerprint density at radius 3 is 3.05 bits per heavy atom. The van der Waals surface area contributed by atoms with E-state index in [1.165, 1.54) is 0 Å². The molecule has 5 nitrogen and oxygen atoms in total. The van der Waals surface area contributed by atoms with Crippen LogP contribution in [-0.2, 0) is 7.05 Å². The van der Waals surface area contributed by atoms with Crippen LogP contribution >= 0.6 is 15.9 Å².